The highest BCUT2D eigenvalue weighted by Gasteiger charge is 2.17. The molecule has 0 saturated carbocycles. The molecule has 1 heterocycles. The first kappa shape index (κ1) is 14.5. The van der Waals surface area contributed by atoms with Gasteiger partial charge in [0, 0.05) is 26.3 Å². The summed E-state index contributed by atoms with van der Waals surface area (Å²) < 4.78 is 1.83. The summed E-state index contributed by atoms with van der Waals surface area (Å²) in [6.45, 7) is 3.14. The zero-order valence-electron chi connectivity index (χ0n) is 11.5. The van der Waals surface area contributed by atoms with E-state index in [2.05, 4.69) is 0 Å². The predicted molar refractivity (Wildman–Crippen MR) is 79.0 cm³/mol. The van der Waals surface area contributed by atoms with Crippen LogP contribution in [0, 0.1) is 0 Å². The summed E-state index contributed by atoms with van der Waals surface area (Å²) in [5.41, 5.74) is 1.54. The van der Waals surface area contributed by atoms with Gasteiger partial charge in [0.1, 0.15) is 11.4 Å². The molecule has 4 nitrogen and oxygen atoms in total. The minimum atomic E-state index is -0.0770. The number of amides is 1. The van der Waals surface area contributed by atoms with Crippen LogP contribution in [0.1, 0.15) is 23.0 Å². The lowest BCUT2D eigenvalue weighted by Crippen LogP contribution is -2.28. The van der Waals surface area contributed by atoms with Crippen molar-refractivity contribution in [3.8, 4) is 5.75 Å². The molecule has 1 aromatic carbocycles. The van der Waals surface area contributed by atoms with Crippen molar-refractivity contribution in [2.45, 2.75) is 20.0 Å². The number of benzene rings is 1. The van der Waals surface area contributed by atoms with Crippen LogP contribution in [-0.4, -0.2) is 27.5 Å². The topological polar surface area (TPSA) is 45.5 Å². The average Bonchev–Trinajstić information content (AvgIpc) is 2.81. The van der Waals surface area contributed by atoms with Crippen LogP contribution in [0.25, 0.3) is 0 Å². The summed E-state index contributed by atoms with van der Waals surface area (Å²) in [6.07, 6.45) is 1.75. The maximum Gasteiger partial charge on any atom is 0.270 e. The Hall–Kier alpha value is -1.94. The third-order valence-electron chi connectivity index (χ3n) is 3.13. The lowest BCUT2D eigenvalue weighted by Gasteiger charge is -2.18. The Morgan fingerprint density at radius 3 is 2.60 bits per heavy atom. The number of aromatic hydroxyl groups is 1. The molecule has 0 aliphatic heterocycles. The second-order valence-corrected chi connectivity index (χ2v) is 5.09. The molecular weight excluding hydrogens is 276 g/mol. The number of phenolic OH excluding ortho intramolecular Hbond substituents is 1. The van der Waals surface area contributed by atoms with Gasteiger partial charge in [0.2, 0.25) is 0 Å². The van der Waals surface area contributed by atoms with E-state index in [1.54, 1.807) is 48.5 Å². The zero-order chi connectivity index (χ0) is 14.7. The maximum atomic E-state index is 12.4. The molecule has 1 aromatic heterocycles. The molecule has 2 aromatic rings. The average molecular weight is 293 g/mol. The van der Waals surface area contributed by atoms with Gasteiger partial charge in [-0.1, -0.05) is 23.7 Å². The molecule has 0 atom stereocenters. The van der Waals surface area contributed by atoms with Crippen molar-refractivity contribution in [2.75, 3.05) is 7.05 Å². The van der Waals surface area contributed by atoms with E-state index in [9.17, 15) is 9.90 Å². The molecule has 2 rings (SSSR count). The number of carbonyl (C=O) groups excluding carboxylic acids is 1. The summed E-state index contributed by atoms with van der Waals surface area (Å²) in [7, 11) is 1.75. The Kier molecular flexibility index (Phi) is 4.35. The first-order valence-electron chi connectivity index (χ1n) is 6.40. The van der Waals surface area contributed by atoms with Crippen molar-refractivity contribution in [3.05, 3.63) is 52.8 Å². The highest BCUT2D eigenvalue weighted by atomic mass is 35.5. The monoisotopic (exact) mass is 292 g/mol. The third-order valence-corrected chi connectivity index (χ3v) is 3.33. The first-order chi connectivity index (χ1) is 9.51. The van der Waals surface area contributed by atoms with Gasteiger partial charge in [0.05, 0.1) is 5.02 Å². The number of nitrogens with zero attached hydrogens (tertiary/aromatic N) is 2. The van der Waals surface area contributed by atoms with Crippen molar-refractivity contribution in [1.82, 2.24) is 9.47 Å². The fraction of sp³-hybridized carbons (Fsp3) is 0.267. The van der Waals surface area contributed by atoms with Gasteiger partial charge in [-0.15, -0.1) is 0 Å². The summed E-state index contributed by atoms with van der Waals surface area (Å²) in [5, 5.41) is 9.81. The number of halogens is 1. The van der Waals surface area contributed by atoms with Crippen LogP contribution in [0.2, 0.25) is 5.02 Å². The van der Waals surface area contributed by atoms with Gasteiger partial charge in [-0.3, -0.25) is 4.79 Å². The van der Waals surface area contributed by atoms with Crippen molar-refractivity contribution in [1.29, 1.82) is 0 Å². The number of rotatable bonds is 4. The zero-order valence-corrected chi connectivity index (χ0v) is 12.3. The summed E-state index contributed by atoms with van der Waals surface area (Å²) in [4.78, 5) is 14.0. The van der Waals surface area contributed by atoms with Gasteiger partial charge in [0.25, 0.3) is 5.91 Å². The van der Waals surface area contributed by atoms with Gasteiger partial charge in [-0.05, 0) is 30.7 Å². The van der Waals surface area contributed by atoms with Gasteiger partial charge in [-0.25, -0.2) is 0 Å². The van der Waals surface area contributed by atoms with E-state index in [1.165, 1.54) is 0 Å². The Morgan fingerprint density at radius 1 is 1.35 bits per heavy atom. The van der Waals surface area contributed by atoms with Crippen molar-refractivity contribution in [2.24, 2.45) is 0 Å². The summed E-state index contributed by atoms with van der Waals surface area (Å²) in [6, 6.07) is 8.50. The quantitative estimate of drug-likeness (QED) is 0.941. The highest BCUT2D eigenvalue weighted by molar-refractivity contribution is 6.31. The van der Waals surface area contributed by atoms with Crippen molar-refractivity contribution < 1.29 is 9.90 Å². The molecule has 0 fully saturated rings. The Labute approximate surface area is 123 Å². The van der Waals surface area contributed by atoms with E-state index in [1.807, 2.05) is 11.5 Å². The van der Waals surface area contributed by atoms with Crippen LogP contribution in [0.3, 0.4) is 0 Å². The molecule has 5 heteroatoms. The highest BCUT2D eigenvalue weighted by Crippen LogP contribution is 2.17. The second kappa shape index (κ2) is 6.01. The van der Waals surface area contributed by atoms with Crippen LogP contribution in [0.5, 0.6) is 5.75 Å². The molecule has 0 saturated heterocycles. The third kappa shape index (κ3) is 3.14. The number of hydrogen-bond donors (Lipinski definition) is 1. The maximum absolute atomic E-state index is 12.4. The standard InChI is InChI=1S/C15H17ClN2O2/c1-3-18-10-12(16)8-14(18)15(20)17(2)9-11-4-6-13(19)7-5-11/h4-8,10,19H,3,9H2,1-2H3. The molecule has 0 radical (unpaired) electrons. The van der Waals surface area contributed by atoms with Crippen molar-refractivity contribution in [3.63, 3.8) is 0 Å². The summed E-state index contributed by atoms with van der Waals surface area (Å²) >= 11 is 5.95. The Bertz CT molecular complexity index is 605. The lowest BCUT2D eigenvalue weighted by molar-refractivity contribution is 0.0774. The van der Waals surface area contributed by atoms with E-state index in [0.29, 0.717) is 23.8 Å². The SMILES string of the molecule is CCn1cc(Cl)cc1C(=O)N(C)Cc1ccc(O)cc1. The molecule has 0 spiro atoms. The van der Waals surface area contributed by atoms with Gasteiger partial charge in [-0.2, -0.15) is 0 Å². The summed E-state index contributed by atoms with van der Waals surface area (Å²) in [5.74, 6) is 0.140. The van der Waals surface area contributed by atoms with Crippen LogP contribution in [-0.2, 0) is 13.1 Å². The van der Waals surface area contributed by atoms with Crippen LogP contribution in [0.4, 0.5) is 0 Å². The molecule has 1 N–H and O–H groups in total. The Morgan fingerprint density at radius 2 is 2.00 bits per heavy atom. The van der Waals surface area contributed by atoms with Crippen LogP contribution >= 0.6 is 11.6 Å². The normalized spacial score (nSPS) is 10.6. The van der Waals surface area contributed by atoms with E-state index >= 15 is 0 Å². The number of carbonyl (C=O) groups is 1. The fourth-order valence-corrected chi connectivity index (χ4v) is 2.28. The number of phenols is 1. The molecule has 0 aliphatic rings. The van der Waals surface area contributed by atoms with Gasteiger partial charge in [0.15, 0.2) is 0 Å². The smallest absolute Gasteiger partial charge is 0.270 e. The van der Waals surface area contributed by atoms with E-state index in [0.717, 1.165) is 5.56 Å². The van der Waals surface area contributed by atoms with Gasteiger partial charge >= 0.3 is 0 Å². The number of aryl methyl sites for hydroxylation is 1. The van der Waals surface area contributed by atoms with E-state index in [4.69, 9.17) is 11.6 Å². The number of hydrogen-bond acceptors (Lipinski definition) is 2. The predicted octanol–water partition coefficient (Wildman–Crippen LogP) is 3.14. The number of aromatic nitrogens is 1. The first-order valence-corrected chi connectivity index (χ1v) is 6.78. The minimum Gasteiger partial charge on any atom is -0.508 e. The molecule has 1 amide bonds. The largest absolute Gasteiger partial charge is 0.508 e. The Balaban J connectivity index is 2.14. The fourth-order valence-electron chi connectivity index (χ4n) is 2.06. The molecular formula is C15H17ClN2O2. The van der Waals surface area contributed by atoms with Crippen LogP contribution in [0.15, 0.2) is 36.5 Å². The van der Waals surface area contributed by atoms with E-state index < -0.39 is 0 Å². The van der Waals surface area contributed by atoms with Crippen LogP contribution < -0.4 is 0 Å². The lowest BCUT2D eigenvalue weighted by atomic mass is 10.2. The molecule has 0 bridgehead atoms. The minimum absolute atomic E-state index is 0.0770. The van der Waals surface area contributed by atoms with Gasteiger partial charge < -0.3 is 14.6 Å². The molecule has 0 unspecified atom stereocenters. The molecule has 0 aliphatic carbocycles. The second-order valence-electron chi connectivity index (χ2n) is 4.66. The molecule has 20 heavy (non-hydrogen) atoms. The van der Waals surface area contributed by atoms with E-state index in [-0.39, 0.29) is 11.7 Å². The van der Waals surface area contributed by atoms with Crippen molar-refractivity contribution >= 4 is 17.5 Å². The molecule has 106 valence electrons.